The van der Waals surface area contributed by atoms with Crippen LogP contribution >= 0.6 is 0 Å². The summed E-state index contributed by atoms with van der Waals surface area (Å²) in [5, 5.41) is 6.28. The van der Waals surface area contributed by atoms with Crippen LogP contribution in [0.25, 0.3) is 0 Å². The SMILES string of the molecule is O=S(=O)(NCC12CC3CC(CC(C3)C1)C2)c1cn[nH]c1. The van der Waals surface area contributed by atoms with Crippen LogP contribution in [0.4, 0.5) is 0 Å². The van der Waals surface area contributed by atoms with Crippen molar-refractivity contribution in [3.8, 4) is 0 Å². The van der Waals surface area contributed by atoms with Crippen molar-refractivity contribution in [1.29, 1.82) is 0 Å². The largest absolute Gasteiger partial charge is 0.284 e. The van der Waals surface area contributed by atoms with Crippen molar-refractivity contribution in [2.45, 2.75) is 43.4 Å². The third kappa shape index (κ3) is 2.09. The van der Waals surface area contributed by atoms with Crippen molar-refractivity contribution in [2.75, 3.05) is 6.54 Å². The van der Waals surface area contributed by atoms with Crippen LogP contribution < -0.4 is 4.72 Å². The van der Waals surface area contributed by atoms with E-state index in [2.05, 4.69) is 14.9 Å². The molecule has 2 N–H and O–H groups in total. The maximum atomic E-state index is 12.2. The Balaban J connectivity index is 1.50. The standard InChI is InChI=1S/C14H21N3O2S/c18-20(19,13-7-15-16-8-13)17-9-14-4-10-1-11(5-14)3-12(2-10)6-14/h7-8,10-12,17H,1-6,9H2,(H,15,16). The predicted octanol–water partition coefficient (Wildman–Crippen LogP) is 1.90. The number of aromatic nitrogens is 2. The molecule has 0 aromatic carbocycles. The molecule has 0 radical (unpaired) electrons. The minimum atomic E-state index is -3.40. The van der Waals surface area contributed by atoms with E-state index < -0.39 is 10.0 Å². The van der Waals surface area contributed by atoms with Crippen molar-refractivity contribution >= 4 is 10.0 Å². The van der Waals surface area contributed by atoms with Crippen molar-refractivity contribution in [3.05, 3.63) is 12.4 Å². The Morgan fingerprint density at radius 3 is 2.30 bits per heavy atom. The van der Waals surface area contributed by atoms with Crippen molar-refractivity contribution in [3.63, 3.8) is 0 Å². The van der Waals surface area contributed by atoms with Gasteiger partial charge in [-0.1, -0.05) is 0 Å². The van der Waals surface area contributed by atoms with E-state index in [1.807, 2.05) is 0 Å². The fourth-order valence-electron chi connectivity index (χ4n) is 5.22. The van der Waals surface area contributed by atoms with E-state index in [1.54, 1.807) is 0 Å². The van der Waals surface area contributed by atoms with E-state index in [4.69, 9.17) is 0 Å². The first-order valence-electron chi connectivity index (χ1n) is 7.53. The molecule has 0 saturated heterocycles. The van der Waals surface area contributed by atoms with Crippen LogP contribution in [0.5, 0.6) is 0 Å². The molecule has 0 aliphatic heterocycles. The van der Waals surface area contributed by atoms with Gasteiger partial charge in [-0.25, -0.2) is 13.1 Å². The molecule has 4 bridgehead atoms. The molecule has 4 aliphatic rings. The lowest BCUT2D eigenvalue weighted by Gasteiger charge is -2.56. The fraction of sp³-hybridized carbons (Fsp3) is 0.786. The van der Waals surface area contributed by atoms with Gasteiger partial charge in [-0.3, -0.25) is 5.10 Å². The van der Waals surface area contributed by atoms with E-state index >= 15 is 0 Å². The second kappa shape index (κ2) is 4.31. The molecule has 20 heavy (non-hydrogen) atoms. The molecule has 0 unspecified atom stereocenters. The van der Waals surface area contributed by atoms with Gasteiger partial charge in [-0.05, 0) is 61.7 Å². The molecule has 1 heterocycles. The van der Waals surface area contributed by atoms with Crippen LogP contribution in [0.3, 0.4) is 0 Å². The average Bonchev–Trinajstić information content (AvgIpc) is 2.90. The molecule has 110 valence electrons. The second-order valence-corrected chi connectivity index (χ2v) is 8.94. The highest BCUT2D eigenvalue weighted by atomic mass is 32.2. The molecule has 0 amide bonds. The quantitative estimate of drug-likeness (QED) is 0.891. The molecule has 4 saturated carbocycles. The Kier molecular flexibility index (Phi) is 2.76. The highest BCUT2D eigenvalue weighted by Crippen LogP contribution is 2.59. The highest BCUT2D eigenvalue weighted by Gasteiger charge is 2.50. The molecule has 1 aromatic heterocycles. The van der Waals surface area contributed by atoms with Crippen LogP contribution in [0.2, 0.25) is 0 Å². The number of hydrogen-bond donors (Lipinski definition) is 2. The molecule has 6 heteroatoms. The third-order valence-electron chi connectivity index (χ3n) is 5.59. The summed E-state index contributed by atoms with van der Waals surface area (Å²) in [6.45, 7) is 0.601. The van der Waals surface area contributed by atoms with Gasteiger partial charge in [0.2, 0.25) is 10.0 Å². The molecule has 5 rings (SSSR count). The lowest BCUT2D eigenvalue weighted by atomic mass is 9.50. The van der Waals surface area contributed by atoms with E-state index in [1.165, 1.54) is 50.9 Å². The van der Waals surface area contributed by atoms with Crippen LogP contribution in [0, 0.1) is 23.2 Å². The maximum Gasteiger partial charge on any atom is 0.243 e. The number of rotatable bonds is 4. The number of sulfonamides is 1. The lowest BCUT2D eigenvalue weighted by molar-refractivity contribution is -0.0487. The van der Waals surface area contributed by atoms with Crippen LogP contribution in [0.15, 0.2) is 17.3 Å². The van der Waals surface area contributed by atoms with Gasteiger partial charge in [-0.15, -0.1) is 0 Å². The molecular formula is C14H21N3O2S. The van der Waals surface area contributed by atoms with Gasteiger partial charge in [-0.2, -0.15) is 5.10 Å². The zero-order chi connectivity index (χ0) is 13.8. The van der Waals surface area contributed by atoms with Crippen molar-refractivity contribution in [2.24, 2.45) is 23.2 Å². The first-order chi connectivity index (χ1) is 9.55. The highest BCUT2D eigenvalue weighted by molar-refractivity contribution is 7.89. The Hall–Kier alpha value is -0.880. The zero-order valence-electron chi connectivity index (χ0n) is 11.5. The summed E-state index contributed by atoms with van der Waals surface area (Å²) >= 11 is 0. The zero-order valence-corrected chi connectivity index (χ0v) is 12.3. The molecular weight excluding hydrogens is 274 g/mol. The Morgan fingerprint density at radius 2 is 1.80 bits per heavy atom. The van der Waals surface area contributed by atoms with Gasteiger partial charge in [0.25, 0.3) is 0 Å². The Morgan fingerprint density at radius 1 is 1.20 bits per heavy atom. The smallest absolute Gasteiger partial charge is 0.243 e. The van der Waals surface area contributed by atoms with Crippen LogP contribution in [-0.4, -0.2) is 25.2 Å². The number of aromatic amines is 1. The Bertz CT molecular complexity index is 559. The van der Waals surface area contributed by atoms with Gasteiger partial charge in [0.15, 0.2) is 0 Å². The summed E-state index contributed by atoms with van der Waals surface area (Å²) in [6.07, 6.45) is 10.6. The van der Waals surface area contributed by atoms with E-state index in [0.717, 1.165) is 17.8 Å². The molecule has 0 atom stereocenters. The predicted molar refractivity (Wildman–Crippen MR) is 74.4 cm³/mol. The van der Waals surface area contributed by atoms with Crippen molar-refractivity contribution in [1.82, 2.24) is 14.9 Å². The number of nitrogens with one attached hydrogen (secondary N) is 2. The summed E-state index contributed by atoms with van der Waals surface area (Å²) in [5.74, 6) is 2.54. The summed E-state index contributed by atoms with van der Waals surface area (Å²) in [4.78, 5) is 0.238. The van der Waals surface area contributed by atoms with Crippen LogP contribution in [-0.2, 0) is 10.0 Å². The fourth-order valence-corrected chi connectivity index (χ4v) is 6.29. The molecule has 4 aliphatic carbocycles. The Labute approximate surface area is 119 Å². The lowest BCUT2D eigenvalue weighted by Crippen LogP contribution is -2.51. The first-order valence-corrected chi connectivity index (χ1v) is 9.01. The third-order valence-corrected chi connectivity index (χ3v) is 6.95. The van der Waals surface area contributed by atoms with Gasteiger partial charge < -0.3 is 0 Å². The summed E-state index contributed by atoms with van der Waals surface area (Å²) < 4.78 is 27.3. The van der Waals surface area contributed by atoms with Gasteiger partial charge in [0, 0.05) is 12.7 Å². The van der Waals surface area contributed by atoms with E-state index in [0.29, 0.717) is 6.54 Å². The molecule has 0 spiro atoms. The molecule has 4 fully saturated rings. The maximum absolute atomic E-state index is 12.2. The van der Waals surface area contributed by atoms with Crippen LogP contribution in [0.1, 0.15) is 38.5 Å². The topological polar surface area (TPSA) is 74.8 Å². The van der Waals surface area contributed by atoms with E-state index in [9.17, 15) is 8.42 Å². The summed E-state index contributed by atoms with van der Waals surface area (Å²) in [6, 6.07) is 0. The van der Waals surface area contributed by atoms with Gasteiger partial charge in [0.05, 0.1) is 6.20 Å². The summed E-state index contributed by atoms with van der Waals surface area (Å²) in [7, 11) is -3.40. The van der Waals surface area contributed by atoms with Gasteiger partial charge >= 0.3 is 0 Å². The minimum absolute atomic E-state index is 0.228. The first kappa shape index (κ1) is 12.8. The van der Waals surface area contributed by atoms with Crippen molar-refractivity contribution < 1.29 is 8.42 Å². The number of nitrogens with zero attached hydrogens (tertiary/aromatic N) is 1. The number of H-pyrrole nitrogens is 1. The average molecular weight is 295 g/mol. The van der Waals surface area contributed by atoms with E-state index in [-0.39, 0.29) is 10.3 Å². The second-order valence-electron chi connectivity index (χ2n) is 7.18. The number of hydrogen-bond acceptors (Lipinski definition) is 3. The molecule has 1 aromatic rings. The monoisotopic (exact) mass is 295 g/mol. The van der Waals surface area contributed by atoms with Gasteiger partial charge in [0.1, 0.15) is 4.90 Å². The molecule has 5 nitrogen and oxygen atoms in total. The normalized spacial score (nSPS) is 39.3. The summed E-state index contributed by atoms with van der Waals surface area (Å²) in [5.41, 5.74) is 0.228. The minimum Gasteiger partial charge on any atom is -0.284 e.